The lowest BCUT2D eigenvalue weighted by Gasteiger charge is -2.21. The summed E-state index contributed by atoms with van der Waals surface area (Å²) in [6, 6.07) is -0.758. The summed E-state index contributed by atoms with van der Waals surface area (Å²) in [5.41, 5.74) is 0. The van der Waals surface area contributed by atoms with Crippen molar-refractivity contribution in [2.24, 2.45) is 0 Å². The molecule has 0 bridgehead atoms. The van der Waals surface area contributed by atoms with Crippen molar-refractivity contribution < 1.29 is 20.1 Å². The van der Waals surface area contributed by atoms with Gasteiger partial charge in [-0.25, -0.2) is 0 Å². The van der Waals surface area contributed by atoms with Crippen LogP contribution in [-0.4, -0.2) is 46.1 Å². The molecule has 0 aromatic carbocycles. The van der Waals surface area contributed by atoms with Gasteiger partial charge < -0.3 is 20.6 Å². The second-order valence-corrected chi connectivity index (χ2v) is 18.8. The molecule has 3 atom stereocenters. The smallest absolute Gasteiger partial charge is 0.222 e. The molecular weight excluding hydrogens is 739 g/mol. The Bertz CT molecular complexity index is 890. The molecule has 1 amide bonds. The quantitative estimate of drug-likeness (QED) is 0.0363. The molecule has 0 saturated carbocycles. The van der Waals surface area contributed by atoms with Crippen molar-refractivity contribution in [2.45, 2.75) is 315 Å². The first-order valence-electron chi connectivity index (χ1n) is 27.1. The van der Waals surface area contributed by atoms with Crippen molar-refractivity contribution in [3.05, 3.63) is 24.3 Å². The van der Waals surface area contributed by atoms with Gasteiger partial charge in [-0.05, 0) is 32.1 Å². The third-order valence-corrected chi connectivity index (χ3v) is 12.7. The highest BCUT2D eigenvalue weighted by Crippen LogP contribution is 2.18. The van der Waals surface area contributed by atoms with E-state index in [1.54, 1.807) is 6.08 Å². The number of rotatable bonds is 50. The van der Waals surface area contributed by atoms with Crippen LogP contribution in [0.2, 0.25) is 0 Å². The van der Waals surface area contributed by atoms with Crippen LogP contribution in [0.4, 0.5) is 0 Å². The van der Waals surface area contributed by atoms with E-state index in [-0.39, 0.29) is 18.9 Å². The van der Waals surface area contributed by atoms with Crippen LogP contribution < -0.4 is 5.32 Å². The molecule has 5 heteroatoms. The molecule has 0 spiro atoms. The number of unbranched alkanes of at least 4 members (excludes halogenated alkanes) is 39. The molecule has 5 nitrogen and oxygen atoms in total. The van der Waals surface area contributed by atoms with Crippen LogP contribution in [0.5, 0.6) is 0 Å². The monoisotopic (exact) mass is 846 g/mol. The first kappa shape index (κ1) is 58.8. The maximum Gasteiger partial charge on any atom is 0.222 e. The minimum Gasteiger partial charge on any atom is -0.394 e. The Balaban J connectivity index is 3.51. The maximum atomic E-state index is 12.5. The molecule has 356 valence electrons. The first-order valence-corrected chi connectivity index (χ1v) is 27.1. The zero-order chi connectivity index (χ0) is 43.7. The molecule has 0 aromatic rings. The molecule has 0 fully saturated rings. The molecule has 60 heavy (non-hydrogen) atoms. The standard InChI is InChI=1S/C55H107NO4/c1-3-5-7-9-11-13-15-17-19-20-21-22-23-24-25-26-27-28-29-30-31-32-33-35-36-38-40-42-44-46-48-52(58)50-55(60)56-53(51-57)54(59)49-47-45-43-41-39-37-34-18-16-14-12-10-8-6-4-2/h39,41,47,49,52-54,57-59H,3-38,40,42-46,48,50-51H2,1-2H3,(H,56,60)/b41-39+,49-47+. The molecule has 0 aliphatic heterocycles. The van der Waals surface area contributed by atoms with Crippen molar-refractivity contribution in [3.63, 3.8) is 0 Å². The van der Waals surface area contributed by atoms with Crippen molar-refractivity contribution in [1.29, 1.82) is 0 Å². The van der Waals surface area contributed by atoms with E-state index in [0.717, 1.165) is 32.1 Å². The Morgan fingerprint density at radius 3 is 1.07 bits per heavy atom. The van der Waals surface area contributed by atoms with Gasteiger partial charge in [-0.3, -0.25) is 4.79 Å². The van der Waals surface area contributed by atoms with E-state index >= 15 is 0 Å². The van der Waals surface area contributed by atoms with Crippen molar-refractivity contribution in [3.8, 4) is 0 Å². The fraction of sp³-hybridized carbons (Fsp3) is 0.909. The number of aliphatic hydroxyl groups excluding tert-OH is 3. The number of hydrogen-bond acceptors (Lipinski definition) is 4. The minimum absolute atomic E-state index is 0.0102. The van der Waals surface area contributed by atoms with Crippen LogP contribution in [0.15, 0.2) is 24.3 Å². The zero-order valence-corrected chi connectivity index (χ0v) is 40.6. The number of allylic oxidation sites excluding steroid dienone is 3. The third kappa shape index (κ3) is 46.3. The molecule has 0 aliphatic rings. The summed E-state index contributed by atoms with van der Waals surface area (Å²) in [4.78, 5) is 12.5. The van der Waals surface area contributed by atoms with Gasteiger partial charge >= 0.3 is 0 Å². The summed E-state index contributed by atoms with van der Waals surface area (Å²) in [7, 11) is 0. The van der Waals surface area contributed by atoms with Gasteiger partial charge in [0.1, 0.15) is 0 Å². The summed E-state index contributed by atoms with van der Waals surface area (Å²) in [6.07, 6.45) is 63.7. The second kappa shape index (κ2) is 50.5. The SMILES string of the molecule is CCCCCCCCCCC/C=C/CC/C=C/C(O)C(CO)NC(=O)CC(O)CCCCCCCCCCCCCCCCCCCCCCCCCCCCCCCC. The fourth-order valence-electron chi connectivity index (χ4n) is 8.59. The predicted molar refractivity (Wildman–Crippen MR) is 264 cm³/mol. The number of carbonyl (C=O) groups excluding carboxylic acids is 1. The number of amides is 1. The number of aliphatic hydroxyl groups is 3. The van der Waals surface area contributed by atoms with E-state index < -0.39 is 18.2 Å². The topological polar surface area (TPSA) is 89.8 Å². The molecule has 0 aromatic heterocycles. The summed E-state index contributed by atoms with van der Waals surface area (Å²) in [6.45, 7) is 4.22. The molecular formula is C55H107NO4. The van der Waals surface area contributed by atoms with Gasteiger partial charge in [-0.1, -0.05) is 282 Å². The van der Waals surface area contributed by atoms with E-state index in [4.69, 9.17) is 0 Å². The number of nitrogens with one attached hydrogen (secondary N) is 1. The van der Waals surface area contributed by atoms with Gasteiger partial charge in [0.15, 0.2) is 0 Å². The van der Waals surface area contributed by atoms with Crippen LogP contribution in [-0.2, 0) is 4.79 Å². The van der Waals surface area contributed by atoms with Gasteiger partial charge in [0.25, 0.3) is 0 Å². The van der Waals surface area contributed by atoms with E-state index in [1.807, 2.05) is 6.08 Å². The van der Waals surface area contributed by atoms with Gasteiger partial charge in [0.05, 0.1) is 31.3 Å². The number of carbonyl (C=O) groups is 1. The van der Waals surface area contributed by atoms with Crippen LogP contribution in [0.3, 0.4) is 0 Å². The Labute approximate surface area is 375 Å². The molecule has 0 rings (SSSR count). The van der Waals surface area contributed by atoms with Crippen LogP contribution >= 0.6 is 0 Å². The van der Waals surface area contributed by atoms with Crippen LogP contribution in [0.1, 0.15) is 296 Å². The van der Waals surface area contributed by atoms with Crippen molar-refractivity contribution in [1.82, 2.24) is 5.32 Å². The van der Waals surface area contributed by atoms with E-state index in [2.05, 4.69) is 31.3 Å². The van der Waals surface area contributed by atoms with Gasteiger partial charge in [-0.15, -0.1) is 0 Å². The highest BCUT2D eigenvalue weighted by atomic mass is 16.3. The summed E-state index contributed by atoms with van der Waals surface area (Å²) < 4.78 is 0. The molecule has 3 unspecified atom stereocenters. The highest BCUT2D eigenvalue weighted by molar-refractivity contribution is 5.76. The molecule has 0 saturated heterocycles. The second-order valence-electron chi connectivity index (χ2n) is 18.8. The molecule has 0 aliphatic carbocycles. The van der Waals surface area contributed by atoms with Crippen molar-refractivity contribution >= 4 is 5.91 Å². The van der Waals surface area contributed by atoms with Crippen LogP contribution in [0.25, 0.3) is 0 Å². The summed E-state index contributed by atoms with van der Waals surface area (Å²) >= 11 is 0. The third-order valence-electron chi connectivity index (χ3n) is 12.7. The molecule has 0 heterocycles. The normalized spacial score (nSPS) is 13.5. The zero-order valence-electron chi connectivity index (χ0n) is 40.6. The van der Waals surface area contributed by atoms with E-state index in [1.165, 1.54) is 238 Å². The lowest BCUT2D eigenvalue weighted by molar-refractivity contribution is -0.124. The molecule has 4 N–H and O–H groups in total. The first-order chi connectivity index (χ1) is 29.5. The highest BCUT2D eigenvalue weighted by Gasteiger charge is 2.20. The maximum absolute atomic E-state index is 12.5. The molecule has 0 radical (unpaired) electrons. The van der Waals surface area contributed by atoms with E-state index in [9.17, 15) is 20.1 Å². The lowest BCUT2D eigenvalue weighted by atomic mass is 10.0. The number of hydrogen-bond donors (Lipinski definition) is 4. The average molecular weight is 846 g/mol. The summed E-state index contributed by atoms with van der Waals surface area (Å²) in [5.74, 6) is -0.320. The Morgan fingerprint density at radius 2 is 0.717 bits per heavy atom. The van der Waals surface area contributed by atoms with Gasteiger partial charge in [0.2, 0.25) is 5.91 Å². The van der Waals surface area contributed by atoms with Crippen LogP contribution in [0, 0.1) is 0 Å². The van der Waals surface area contributed by atoms with Gasteiger partial charge in [-0.2, -0.15) is 0 Å². The Kier molecular flexibility index (Phi) is 49.5. The fourth-order valence-corrected chi connectivity index (χ4v) is 8.59. The Hall–Kier alpha value is -1.17. The van der Waals surface area contributed by atoms with Crippen molar-refractivity contribution in [2.75, 3.05) is 6.61 Å². The minimum atomic E-state index is -0.949. The predicted octanol–water partition coefficient (Wildman–Crippen LogP) is 16.5. The van der Waals surface area contributed by atoms with E-state index in [0.29, 0.717) is 6.42 Å². The summed E-state index contributed by atoms with van der Waals surface area (Å²) in [5, 5.41) is 33.3. The lowest BCUT2D eigenvalue weighted by Crippen LogP contribution is -2.45. The average Bonchev–Trinajstić information content (AvgIpc) is 3.24. The largest absolute Gasteiger partial charge is 0.394 e. The van der Waals surface area contributed by atoms with Gasteiger partial charge in [0, 0.05) is 0 Å². The Morgan fingerprint density at radius 1 is 0.417 bits per heavy atom.